The van der Waals surface area contributed by atoms with E-state index in [0.717, 1.165) is 29.8 Å². The Morgan fingerprint density at radius 2 is 1.62 bits per heavy atom. The van der Waals surface area contributed by atoms with Crippen LogP contribution in [0.4, 0.5) is 32.2 Å². The number of halogens is 6. The number of carboxylic acid groups (broad SMARTS) is 1. The minimum Gasteiger partial charge on any atom is -0.475 e. The lowest BCUT2D eigenvalue weighted by molar-refractivity contribution is -0.192. The quantitative estimate of drug-likeness (QED) is 0.419. The average Bonchev–Trinajstić information content (AvgIpc) is 2.82. The molecule has 0 radical (unpaired) electrons. The summed E-state index contributed by atoms with van der Waals surface area (Å²) >= 11 is 0. The largest absolute Gasteiger partial charge is 0.490 e. The predicted octanol–water partition coefficient (Wildman–Crippen LogP) is 5.34. The van der Waals surface area contributed by atoms with Gasteiger partial charge in [-0.2, -0.15) is 31.6 Å². The average molecular weight is 525 g/mol. The first-order valence-electron chi connectivity index (χ1n) is 10.4. The van der Waals surface area contributed by atoms with Crippen molar-refractivity contribution in [2.24, 2.45) is 0 Å². The zero-order chi connectivity index (χ0) is 27.8. The molecule has 1 heterocycles. The summed E-state index contributed by atoms with van der Waals surface area (Å²) in [5.41, 5.74) is 1.94. The van der Waals surface area contributed by atoms with Gasteiger partial charge in [0.25, 0.3) is 0 Å². The first-order valence-corrected chi connectivity index (χ1v) is 10.4. The lowest BCUT2D eigenvalue weighted by atomic mass is 10.1. The highest BCUT2D eigenvalue weighted by Crippen LogP contribution is 2.32. The van der Waals surface area contributed by atoms with Gasteiger partial charge in [-0.25, -0.2) is 14.8 Å². The first kappa shape index (κ1) is 29.1. The third-order valence-corrected chi connectivity index (χ3v) is 4.62. The predicted molar refractivity (Wildman–Crippen MR) is 122 cm³/mol. The monoisotopic (exact) mass is 525 g/mol. The molecule has 0 fully saturated rings. The number of nitriles is 1. The standard InChI is InChI=1S/C22H20F3N5.C2HF3O2/c1-30(2)14-17-7-4-3-6-16(17)13-27-20-11-19(28-21(12-26)29-20)15-8-5-9-18(10-15)22(23,24)25;3-2(4,5)1(6)7/h3-11H,13-14H2,1-2H3,(H,27,28,29);(H,6,7). The minimum absolute atomic E-state index is 0.117. The Labute approximate surface area is 208 Å². The van der Waals surface area contributed by atoms with Gasteiger partial charge in [0.15, 0.2) is 0 Å². The van der Waals surface area contributed by atoms with E-state index in [2.05, 4.69) is 20.2 Å². The molecule has 0 aliphatic heterocycles. The SMILES string of the molecule is CN(C)Cc1ccccc1CNc1cc(-c2cccc(C(F)(F)F)c2)nc(C#N)n1.O=C(O)C(F)(F)F. The summed E-state index contributed by atoms with van der Waals surface area (Å²) < 4.78 is 70.9. The summed E-state index contributed by atoms with van der Waals surface area (Å²) in [6, 6.07) is 16.2. The number of nitrogens with one attached hydrogen (secondary N) is 1. The minimum atomic E-state index is -5.08. The van der Waals surface area contributed by atoms with Gasteiger partial charge >= 0.3 is 18.3 Å². The second kappa shape index (κ2) is 12.2. The normalized spacial score (nSPS) is 11.4. The fraction of sp³-hybridized carbons (Fsp3) is 0.250. The van der Waals surface area contributed by atoms with Crippen LogP contribution in [0.25, 0.3) is 11.3 Å². The van der Waals surface area contributed by atoms with Gasteiger partial charge in [-0.1, -0.05) is 36.4 Å². The molecular weight excluding hydrogens is 504 g/mol. The van der Waals surface area contributed by atoms with Gasteiger partial charge in [-0.3, -0.25) is 0 Å². The van der Waals surface area contributed by atoms with Crippen LogP contribution in [0, 0.1) is 11.3 Å². The van der Waals surface area contributed by atoms with Crippen LogP contribution in [0.3, 0.4) is 0 Å². The van der Waals surface area contributed by atoms with E-state index in [9.17, 15) is 31.6 Å². The van der Waals surface area contributed by atoms with Crippen molar-refractivity contribution in [3.05, 3.63) is 77.1 Å². The molecule has 0 saturated heterocycles. The zero-order valence-electron chi connectivity index (χ0n) is 19.5. The summed E-state index contributed by atoms with van der Waals surface area (Å²) in [5, 5.41) is 19.5. The fourth-order valence-corrected chi connectivity index (χ4v) is 3.00. The van der Waals surface area contributed by atoms with Crippen LogP contribution in [-0.4, -0.2) is 46.2 Å². The Hall–Kier alpha value is -4.18. The highest BCUT2D eigenvalue weighted by molar-refractivity contribution is 5.73. The molecule has 0 saturated carbocycles. The van der Waals surface area contributed by atoms with Crippen LogP contribution in [0.2, 0.25) is 0 Å². The molecule has 0 aliphatic rings. The molecule has 3 rings (SSSR count). The van der Waals surface area contributed by atoms with Gasteiger partial charge in [-0.15, -0.1) is 0 Å². The Kier molecular flexibility index (Phi) is 9.56. The van der Waals surface area contributed by atoms with Crippen molar-refractivity contribution < 1.29 is 36.2 Å². The maximum absolute atomic E-state index is 13.0. The number of nitrogens with zero attached hydrogens (tertiary/aromatic N) is 4. The van der Waals surface area contributed by atoms with E-state index in [1.165, 1.54) is 12.1 Å². The van der Waals surface area contributed by atoms with Gasteiger partial charge in [0.05, 0.1) is 11.3 Å². The number of anilines is 1. The maximum Gasteiger partial charge on any atom is 0.490 e. The number of benzene rings is 2. The number of hydrogen-bond donors (Lipinski definition) is 2. The van der Waals surface area contributed by atoms with E-state index >= 15 is 0 Å². The molecule has 196 valence electrons. The van der Waals surface area contributed by atoms with Crippen molar-refractivity contribution in [1.82, 2.24) is 14.9 Å². The van der Waals surface area contributed by atoms with Gasteiger partial charge < -0.3 is 15.3 Å². The zero-order valence-corrected chi connectivity index (χ0v) is 19.5. The van der Waals surface area contributed by atoms with Crippen LogP contribution in [-0.2, 0) is 24.1 Å². The van der Waals surface area contributed by atoms with Crippen molar-refractivity contribution in [3.63, 3.8) is 0 Å². The Morgan fingerprint density at radius 1 is 1.00 bits per heavy atom. The van der Waals surface area contributed by atoms with Crippen LogP contribution >= 0.6 is 0 Å². The molecule has 2 N–H and O–H groups in total. The number of rotatable bonds is 6. The van der Waals surface area contributed by atoms with E-state index in [1.807, 2.05) is 44.4 Å². The smallest absolute Gasteiger partial charge is 0.475 e. The molecule has 0 amide bonds. The molecule has 0 aliphatic carbocycles. The number of aromatic nitrogens is 2. The van der Waals surface area contributed by atoms with Gasteiger partial charge in [0.2, 0.25) is 5.82 Å². The second-order valence-corrected chi connectivity index (χ2v) is 7.82. The van der Waals surface area contributed by atoms with Crippen molar-refractivity contribution in [3.8, 4) is 17.3 Å². The van der Waals surface area contributed by atoms with Crippen LogP contribution in [0.1, 0.15) is 22.5 Å². The first-order chi connectivity index (χ1) is 17.2. The fourth-order valence-electron chi connectivity index (χ4n) is 3.00. The summed E-state index contributed by atoms with van der Waals surface area (Å²) in [5.74, 6) is -2.50. The number of aliphatic carboxylic acids is 1. The Balaban J connectivity index is 0.000000604. The van der Waals surface area contributed by atoms with E-state index in [1.54, 1.807) is 6.07 Å². The molecular formula is C24H21F6N5O2. The lowest BCUT2D eigenvalue weighted by Crippen LogP contribution is -2.21. The molecule has 2 aromatic carbocycles. The Morgan fingerprint density at radius 3 is 2.16 bits per heavy atom. The summed E-state index contributed by atoms with van der Waals surface area (Å²) in [4.78, 5) is 19.2. The van der Waals surface area contributed by atoms with Crippen LogP contribution < -0.4 is 5.32 Å². The number of carboxylic acids is 1. The number of carbonyl (C=O) groups is 1. The van der Waals surface area contributed by atoms with E-state index < -0.39 is 23.9 Å². The lowest BCUT2D eigenvalue weighted by Gasteiger charge is -2.15. The second-order valence-electron chi connectivity index (χ2n) is 7.82. The maximum atomic E-state index is 13.0. The van der Waals surface area contributed by atoms with Gasteiger partial charge in [-0.05, 0) is 37.4 Å². The molecule has 37 heavy (non-hydrogen) atoms. The van der Waals surface area contributed by atoms with Gasteiger partial charge in [0.1, 0.15) is 11.9 Å². The highest BCUT2D eigenvalue weighted by atomic mass is 19.4. The summed E-state index contributed by atoms with van der Waals surface area (Å²) in [6.45, 7) is 1.22. The van der Waals surface area contributed by atoms with E-state index in [-0.39, 0.29) is 17.1 Å². The van der Waals surface area contributed by atoms with Crippen molar-refractivity contribution in [2.75, 3.05) is 19.4 Å². The number of hydrogen-bond acceptors (Lipinski definition) is 6. The summed E-state index contributed by atoms with van der Waals surface area (Å²) in [7, 11) is 3.96. The molecule has 0 atom stereocenters. The molecule has 3 aromatic rings. The van der Waals surface area contributed by atoms with Crippen molar-refractivity contribution >= 4 is 11.8 Å². The molecule has 0 bridgehead atoms. The highest BCUT2D eigenvalue weighted by Gasteiger charge is 2.38. The van der Waals surface area contributed by atoms with Gasteiger partial charge in [0, 0.05) is 24.7 Å². The van der Waals surface area contributed by atoms with Crippen molar-refractivity contribution in [1.29, 1.82) is 5.26 Å². The topological polar surface area (TPSA) is 102 Å². The molecule has 13 heteroatoms. The van der Waals surface area contributed by atoms with E-state index in [0.29, 0.717) is 12.4 Å². The molecule has 7 nitrogen and oxygen atoms in total. The van der Waals surface area contributed by atoms with Crippen molar-refractivity contribution in [2.45, 2.75) is 25.4 Å². The Bertz CT molecular complexity index is 1270. The summed E-state index contributed by atoms with van der Waals surface area (Å²) in [6.07, 6.45) is -9.54. The van der Waals surface area contributed by atoms with Crippen LogP contribution in [0.5, 0.6) is 0 Å². The molecule has 0 unspecified atom stereocenters. The molecule has 0 spiro atoms. The molecule has 1 aromatic heterocycles. The van der Waals surface area contributed by atoms with E-state index in [4.69, 9.17) is 9.90 Å². The third-order valence-electron chi connectivity index (χ3n) is 4.62. The number of alkyl halides is 6. The third kappa shape index (κ3) is 9.08. The van der Waals surface area contributed by atoms with Crippen LogP contribution in [0.15, 0.2) is 54.6 Å².